The summed E-state index contributed by atoms with van der Waals surface area (Å²) in [5, 5.41) is 9.62. The summed E-state index contributed by atoms with van der Waals surface area (Å²) in [5.41, 5.74) is 1.75. The summed E-state index contributed by atoms with van der Waals surface area (Å²) in [6.45, 7) is 2.74. The fourth-order valence-electron chi connectivity index (χ4n) is 1.87. The summed E-state index contributed by atoms with van der Waals surface area (Å²) in [4.78, 5) is 1.92. The Bertz CT molecular complexity index is 540. The summed E-state index contributed by atoms with van der Waals surface area (Å²) in [6.07, 6.45) is 0.691. The van der Waals surface area contributed by atoms with Gasteiger partial charge in [0.15, 0.2) is 0 Å². The van der Waals surface area contributed by atoms with Gasteiger partial charge in [-0.3, -0.25) is 0 Å². The highest BCUT2D eigenvalue weighted by atomic mass is 32.2. The SMILES string of the molecule is COc1ccc(C(C)O)cc1CN(C)CCS(C)(=O)=O. The van der Waals surface area contributed by atoms with Gasteiger partial charge in [0.2, 0.25) is 0 Å². The van der Waals surface area contributed by atoms with E-state index in [0.717, 1.165) is 16.9 Å². The van der Waals surface area contributed by atoms with Crippen LogP contribution in [0.2, 0.25) is 0 Å². The largest absolute Gasteiger partial charge is 0.496 e. The topological polar surface area (TPSA) is 66.8 Å². The molecule has 0 spiro atoms. The minimum absolute atomic E-state index is 0.127. The van der Waals surface area contributed by atoms with Crippen LogP contribution >= 0.6 is 0 Å². The fourth-order valence-corrected chi connectivity index (χ4v) is 2.52. The van der Waals surface area contributed by atoms with Crippen molar-refractivity contribution in [1.29, 1.82) is 0 Å². The molecule has 114 valence electrons. The van der Waals surface area contributed by atoms with Crippen LogP contribution in [0.1, 0.15) is 24.2 Å². The lowest BCUT2D eigenvalue weighted by atomic mass is 10.1. The Kier molecular flexibility index (Phi) is 5.98. The molecule has 0 amide bonds. The first-order chi connectivity index (χ1) is 9.23. The van der Waals surface area contributed by atoms with E-state index in [9.17, 15) is 13.5 Å². The highest BCUT2D eigenvalue weighted by Crippen LogP contribution is 2.24. The lowest BCUT2D eigenvalue weighted by molar-refractivity contribution is 0.199. The van der Waals surface area contributed by atoms with Crippen molar-refractivity contribution in [1.82, 2.24) is 4.90 Å². The molecule has 1 aromatic rings. The van der Waals surface area contributed by atoms with Gasteiger partial charge in [-0.15, -0.1) is 0 Å². The molecule has 5 nitrogen and oxygen atoms in total. The van der Waals surface area contributed by atoms with Crippen molar-refractivity contribution >= 4 is 9.84 Å². The Morgan fingerprint density at radius 3 is 2.55 bits per heavy atom. The third kappa shape index (κ3) is 5.48. The Morgan fingerprint density at radius 1 is 1.40 bits per heavy atom. The third-order valence-corrected chi connectivity index (χ3v) is 4.00. The van der Waals surface area contributed by atoms with Crippen LogP contribution in [-0.4, -0.2) is 51.1 Å². The molecule has 0 fully saturated rings. The van der Waals surface area contributed by atoms with Gasteiger partial charge in [0.25, 0.3) is 0 Å². The van der Waals surface area contributed by atoms with E-state index in [4.69, 9.17) is 4.74 Å². The van der Waals surface area contributed by atoms with Crippen LogP contribution < -0.4 is 4.74 Å². The van der Waals surface area contributed by atoms with Crippen LogP contribution in [0.15, 0.2) is 18.2 Å². The van der Waals surface area contributed by atoms with E-state index >= 15 is 0 Å². The number of aliphatic hydroxyl groups is 1. The van der Waals surface area contributed by atoms with Gasteiger partial charge in [-0.25, -0.2) is 8.42 Å². The Morgan fingerprint density at radius 2 is 2.05 bits per heavy atom. The van der Waals surface area contributed by atoms with E-state index in [1.165, 1.54) is 6.26 Å². The second-order valence-electron chi connectivity index (χ2n) is 5.11. The predicted octanol–water partition coefficient (Wildman–Crippen LogP) is 1.22. The van der Waals surface area contributed by atoms with Crippen LogP contribution in [0.5, 0.6) is 5.75 Å². The van der Waals surface area contributed by atoms with Gasteiger partial charge in [0.1, 0.15) is 15.6 Å². The number of methoxy groups -OCH3 is 1. The van der Waals surface area contributed by atoms with E-state index in [0.29, 0.717) is 13.1 Å². The first-order valence-electron chi connectivity index (χ1n) is 6.44. The van der Waals surface area contributed by atoms with Gasteiger partial charge in [0, 0.05) is 24.9 Å². The van der Waals surface area contributed by atoms with Gasteiger partial charge in [-0.1, -0.05) is 6.07 Å². The highest BCUT2D eigenvalue weighted by Gasteiger charge is 2.11. The fraction of sp³-hybridized carbons (Fsp3) is 0.571. The number of aliphatic hydroxyl groups excluding tert-OH is 1. The minimum Gasteiger partial charge on any atom is -0.496 e. The molecule has 1 rings (SSSR count). The molecule has 0 aliphatic heterocycles. The molecule has 0 bridgehead atoms. The quantitative estimate of drug-likeness (QED) is 0.820. The van der Waals surface area contributed by atoms with Crippen LogP contribution in [0.3, 0.4) is 0 Å². The molecule has 1 atom stereocenters. The standard InChI is InChI=1S/C14H23NO4S/c1-11(16)12-5-6-14(19-3)13(9-12)10-15(2)7-8-20(4,17)18/h5-6,9,11,16H,7-8,10H2,1-4H3. The van der Waals surface area contributed by atoms with Crippen molar-refractivity contribution in [3.05, 3.63) is 29.3 Å². The number of rotatable bonds is 7. The van der Waals surface area contributed by atoms with Crippen LogP contribution in [0.4, 0.5) is 0 Å². The van der Waals surface area contributed by atoms with Crippen LogP contribution in [0.25, 0.3) is 0 Å². The maximum atomic E-state index is 11.2. The monoisotopic (exact) mass is 301 g/mol. The maximum absolute atomic E-state index is 11.2. The zero-order valence-corrected chi connectivity index (χ0v) is 13.3. The average Bonchev–Trinajstić information content (AvgIpc) is 2.35. The van der Waals surface area contributed by atoms with Crippen molar-refractivity contribution < 1.29 is 18.3 Å². The molecular weight excluding hydrogens is 278 g/mol. The molecular formula is C14H23NO4S. The minimum atomic E-state index is -2.96. The molecule has 6 heteroatoms. The number of hydrogen-bond donors (Lipinski definition) is 1. The Labute approximate surface area is 121 Å². The Balaban J connectivity index is 2.81. The second-order valence-corrected chi connectivity index (χ2v) is 7.37. The van der Waals surface area contributed by atoms with Gasteiger partial charge in [-0.2, -0.15) is 0 Å². The first kappa shape index (κ1) is 16.9. The molecule has 1 unspecified atom stereocenters. The van der Waals surface area contributed by atoms with E-state index in [-0.39, 0.29) is 5.75 Å². The third-order valence-electron chi connectivity index (χ3n) is 3.07. The predicted molar refractivity (Wildman–Crippen MR) is 79.7 cm³/mol. The smallest absolute Gasteiger partial charge is 0.148 e. The van der Waals surface area contributed by atoms with E-state index in [1.54, 1.807) is 14.0 Å². The van der Waals surface area contributed by atoms with E-state index in [2.05, 4.69) is 0 Å². The molecule has 0 saturated carbocycles. The van der Waals surface area contributed by atoms with E-state index < -0.39 is 15.9 Å². The number of benzene rings is 1. The van der Waals surface area contributed by atoms with Crippen molar-refractivity contribution in [3.63, 3.8) is 0 Å². The first-order valence-corrected chi connectivity index (χ1v) is 8.50. The summed E-state index contributed by atoms with van der Waals surface area (Å²) in [7, 11) is 0.494. The highest BCUT2D eigenvalue weighted by molar-refractivity contribution is 7.90. The average molecular weight is 301 g/mol. The molecule has 1 N–H and O–H groups in total. The molecule has 0 saturated heterocycles. The van der Waals surface area contributed by atoms with Crippen LogP contribution in [0, 0.1) is 0 Å². The summed E-state index contributed by atoms with van der Waals surface area (Å²) < 4.78 is 27.6. The number of ether oxygens (including phenoxy) is 1. The Hall–Kier alpha value is -1.11. The van der Waals surface area contributed by atoms with Gasteiger partial charge in [-0.05, 0) is 31.7 Å². The molecule has 1 aromatic carbocycles. The van der Waals surface area contributed by atoms with Crippen molar-refractivity contribution in [2.45, 2.75) is 19.6 Å². The van der Waals surface area contributed by atoms with Gasteiger partial charge in [0.05, 0.1) is 19.0 Å². The summed E-state index contributed by atoms with van der Waals surface area (Å²) >= 11 is 0. The molecule has 0 aromatic heterocycles. The van der Waals surface area contributed by atoms with Gasteiger partial charge >= 0.3 is 0 Å². The van der Waals surface area contributed by atoms with Crippen molar-refractivity contribution in [2.75, 3.05) is 32.7 Å². The normalized spacial score (nSPS) is 13.5. The van der Waals surface area contributed by atoms with Gasteiger partial charge < -0.3 is 14.7 Å². The lowest BCUT2D eigenvalue weighted by Crippen LogP contribution is -2.25. The van der Waals surface area contributed by atoms with Crippen molar-refractivity contribution in [3.8, 4) is 5.75 Å². The lowest BCUT2D eigenvalue weighted by Gasteiger charge is -2.19. The number of hydrogen-bond acceptors (Lipinski definition) is 5. The number of sulfone groups is 1. The van der Waals surface area contributed by atoms with E-state index in [1.807, 2.05) is 30.1 Å². The zero-order valence-electron chi connectivity index (χ0n) is 12.5. The maximum Gasteiger partial charge on any atom is 0.148 e. The van der Waals surface area contributed by atoms with Crippen molar-refractivity contribution in [2.24, 2.45) is 0 Å². The molecule has 0 radical (unpaired) electrons. The molecule has 0 aliphatic rings. The summed E-state index contributed by atoms with van der Waals surface area (Å²) in [5.74, 6) is 0.864. The molecule has 0 aliphatic carbocycles. The molecule has 20 heavy (non-hydrogen) atoms. The summed E-state index contributed by atoms with van der Waals surface area (Å²) in [6, 6.07) is 5.53. The number of nitrogens with zero attached hydrogens (tertiary/aromatic N) is 1. The van der Waals surface area contributed by atoms with Crippen LogP contribution in [-0.2, 0) is 16.4 Å². The zero-order chi connectivity index (χ0) is 15.3. The molecule has 0 heterocycles. The second kappa shape index (κ2) is 7.06.